The first-order valence-corrected chi connectivity index (χ1v) is 14.2. The van der Waals surface area contributed by atoms with Crippen molar-refractivity contribution in [2.45, 2.75) is 30.5 Å². The Labute approximate surface area is 244 Å². The van der Waals surface area contributed by atoms with Crippen LogP contribution in [0.25, 0.3) is 0 Å². The highest BCUT2D eigenvalue weighted by molar-refractivity contribution is 5.45. The number of anilines is 3. The van der Waals surface area contributed by atoms with Crippen LogP contribution in [0.5, 0.6) is 0 Å². The molecule has 5 aliphatic rings. The zero-order valence-corrected chi connectivity index (χ0v) is 23.9. The van der Waals surface area contributed by atoms with Gasteiger partial charge in [-0.3, -0.25) is 14.7 Å². The summed E-state index contributed by atoms with van der Waals surface area (Å²) in [7, 11) is 1.60. The number of epoxide rings is 5. The maximum absolute atomic E-state index is 5.91. The van der Waals surface area contributed by atoms with E-state index in [9.17, 15) is 0 Å². The van der Waals surface area contributed by atoms with Crippen molar-refractivity contribution >= 4 is 17.8 Å². The van der Waals surface area contributed by atoms with E-state index in [1.165, 1.54) is 0 Å². The molecule has 0 saturated carbocycles. The summed E-state index contributed by atoms with van der Waals surface area (Å²) in [6.07, 6.45) is 0.551. The lowest BCUT2D eigenvalue weighted by atomic mass is 10.5. The van der Waals surface area contributed by atoms with Crippen LogP contribution in [0, 0.1) is 0 Å². The number of hydrogen-bond donors (Lipinski definition) is 0. The molecular formula is C25H40N6O11. The van der Waals surface area contributed by atoms with E-state index in [4.69, 9.17) is 67.1 Å². The summed E-state index contributed by atoms with van der Waals surface area (Å²) in [5, 5.41) is 0. The van der Waals surface area contributed by atoms with Crippen molar-refractivity contribution in [2.75, 3.05) is 128 Å². The third kappa shape index (κ3) is 10.6. The largest absolute Gasteiger partial charge is 0.371 e. The van der Waals surface area contributed by atoms with Crippen LogP contribution >= 0.6 is 0 Å². The second kappa shape index (κ2) is 15.1. The van der Waals surface area contributed by atoms with Gasteiger partial charge in [0.2, 0.25) is 17.8 Å². The molecule has 0 amide bonds. The molecule has 42 heavy (non-hydrogen) atoms. The minimum Gasteiger partial charge on any atom is -0.371 e. The van der Waals surface area contributed by atoms with E-state index in [0.29, 0.717) is 83.9 Å². The van der Waals surface area contributed by atoms with Crippen LogP contribution < -0.4 is 14.7 Å². The van der Waals surface area contributed by atoms with E-state index in [1.54, 1.807) is 21.8 Å². The monoisotopic (exact) mass is 600 g/mol. The first kappa shape index (κ1) is 30.0. The van der Waals surface area contributed by atoms with Crippen molar-refractivity contribution in [1.82, 2.24) is 15.0 Å². The van der Waals surface area contributed by atoms with Crippen molar-refractivity contribution < 1.29 is 52.1 Å². The molecule has 6 rings (SSSR count). The third-order valence-corrected chi connectivity index (χ3v) is 6.50. The maximum Gasteiger partial charge on any atom is 0.235 e. The highest BCUT2D eigenvalue weighted by Crippen LogP contribution is 2.22. The van der Waals surface area contributed by atoms with Gasteiger partial charge in [-0.15, -0.1) is 0 Å². The number of hydrogen-bond acceptors (Lipinski definition) is 17. The molecule has 0 aliphatic carbocycles. The van der Waals surface area contributed by atoms with Gasteiger partial charge in [0.15, 0.2) is 0 Å². The molecule has 5 unspecified atom stereocenters. The molecule has 5 aliphatic heterocycles. The summed E-state index contributed by atoms with van der Waals surface area (Å²) < 4.78 is 61.4. The van der Waals surface area contributed by atoms with E-state index < -0.39 is 0 Å². The molecule has 1 aromatic rings. The van der Waals surface area contributed by atoms with Crippen molar-refractivity contribution in [3.8, 4) is 0 Å². The van der Waals surface area contributed by atoms with E-state index in [2.05, 4.69) is 0 Å². The Morgan fingerprint density at radius 3 is 0.929 bits per heavy atom. The summed E-state index contributed by atoms with van der Waals surface area (Å²) >= 11 is 0. The zero-order chi connectivity index (χ0) is 28.6. The van der Waals surface area contributed by atoms with Crippen LogP contribution in [0.1, 0.15) is 0 Å². The second-order valence-corrected chi connectivity index (χ2v) is 10.5. The fraction of sp³-hybridized carbons (Fsp3) is 0.880. The Hall–Kier alpha value is -2.03. The molecule has 17 heteroatoms. The lowest BCUT2D eigenvalue weighted by molar-refractivity contribution is 0.0686. The van der Waals surface area contributed by atoms with Crippen molar-refractivity contribution in [3.63, 3.8) is 0 Å². The van der Waals surface area contributed by atoms with Crippen LogP contribution in [-0.2, 0) is 52.1 Å². The highest BCUT2D eigenvalue weighted by Gasteiger charge is 2.29. The van der Waals surface area contributed by atoms with Crippen molar-refractivity contribution in [3.05, 3.63) is 0 Å². The predicted octanol–water partition coefficient (Wildman–Crippen LogP) is -1.24. The normalized spacial score (nSPS) is 26.6. The Kier molecular flexibility index (Phi) is 10.8. The molecule has 17 nitrogen and oxygen atoms in total. The molecule has 0 radical (unpaired) electrons. The molecule has 0 bridgehead atoms. The van der Waals surface area contributed by atoms with Gasteiger partial charge in [-0.1, -0.05) is 0 Å². The summed E-state index contributed by atoms with van der Waals surface area (Å²) in [5.41, 5.74) is 0. The quantitative estimate of drug-likeness (QED) is 0.0965. The predicted molar refractivity (Wildman–Crippen MR) is 142 cm³/mol. The van der Waals surface area contributed by atoms with Crippen molar-refractivity contribution in [1.29, 1.82) is 0 Å². The number of aromatic nitrogens is 3. The summed E-state index contributed by atoms with van der Waals surface area (Å²) in [6, 6.07) is 0. The fourth-order valence-corrected chi connectivity index (χ4v) is 3.67. The van der Waals surface area contributed by atoms with E-state index in [0.717, 1.165) is 0 Å². The Morgan fingerprint density at radius 1 is 0.476 bits per heavy atom. The minimum atomic E-state index is 0.109. The standard InChI is InChI=1S/C25H40N6O11/c1-32-12-29(13-33-2-18-7-38-18)23-26-24(30(14-34-3-19-8-39-19)15-35-4-20-9-40-20)28-25(27-23)31(16-36-5-21-10-41-21)17-37-6-22-11-42-22/h18-22H,2-17H2,1H3. The van der Waals surface area contributed by atoms with Gasteiger partial charge in [-0.05, 0) is 0 Å². The van der Waals surface area contributed by atoms with E-state index in [-0.39, 0.29) is 70.9 Å². The van der Waals surface area contributed by atoms with Gasteiger partial charge in [0, 0.05) is 7.11 Å². The van der Waals surface area contributed by atoms with Gasteiger partial charge in [0.05, 0.1) is 66.1 Å². The van der Waals surface area contributed by atoms with Gasteiger partial charge in [-0.25, -0.2) is 0 Å². The highest BCUT2D eigenvalue weighted by atomic mass is 16.6. The smallest absolute Gasteiger partial charge is 0.235 e. The molecule has 236 valence electrons. The van der Waals surface area contributed by atoms with Crippen LogP contribution in [-0.4, -0.2) is 159 Å². The number of rotatable bonds is 25. The third-order valence-electron chi connectivity index (χ3n) is 6.50. The molecule has 0 aromatic carbocycles. The molecule has 1 aromatic heterocycles. The first-order valence-electron chi connectivity index (χ1n) is 14.2. The SMILES string of the molecule is COCN(COCC1CO1)c1nc(N(COCC2CO2)COCC2CO2)nc(N(COCC2CO2)COCC2CO2)n1. The lowest BCUT2D eigenvalue weighted by Gasteiger charge is -2.28. The molecule has 5 saturated heterocycles. The fourth-order valence-electron chi connectivity index (χ4n) is 3.67. The molecule has 5 fully saturated rings. The van der Waals surface area contributed by atoms with Gasteiger partial charge < -0.3 is 52.1 Å². The number of methoxy groups -OCH3 is 1. The van der Waals surface area contributed by atoms with Gasteiger partial charge in [-0.2, -0.15) is 15.0 Å². The van der Waals surface area contributed by atoms with Crippen LogP contribution in [0.4, 0.5) is 17.8 Å². The van der Waals surface area contributed by atoms with Crippen LogP contribution in [0.15, 0.2) is 0 Å². The van der Waals surface area contributed by atoms with Gasteiger partial charge in [0.1, 0.15) is 70.9 Å². The van der Waals surface area contributed by atoms with Crippen LogP contribution in [0.2, 0.25) is 0 Å². The lowest BCUT2D eigenvalue weighted by Crippen LogP contribution is -2.37. The maximum atomic E-state index is 5.91. The first-order chi connectivity index (χ1) is 20.7. The summed E-state index contributed by atoms with van der Waals surface area (Å²) in [6.45, 7) is 6.87. The molecule has 5 atom stereocenters. The van der Waals surface area contributed by atoms with Gasteiger partial charge >= 0.3 is 0 Å². The molecule has 0 N–H and O–H groups in total. The number of nitrogens with zero attached hydrogens (tertiary/aromatic N) is 6. The summed E-state index contributed by atoms with van der Waals surface area (Å²) in [4.78, 5) is 19.7. The minimum absolute atomic E-state index is 0.109. The second-order valence-electron chi connectivity index (χ2n) is 10.5. The Bertz CT molecular complexity index is 871. The van der Waals surface area contributed by atoms with Crippen molar-refractivity contribution in [2.24, 2.45) is 0 Å². The van der Waals surface area contributed by atoms with Crippen LogP contribution in [0.3, 0.4) is 0 Å². The Balaban J connectivity index is 1.22. The van der Waals surface area contributed by atoms with Gasteiger partial charge in [0.25, 0.3) is 0 Å². The number of ether oxygens (including phenoxy) is 11. The topological polar surface area (TPSA) is 166 Å². The average Bonchev–Trinajstić information content (AvgIpc) is 3.80. The summed E-state index contributed by atoms with van der Waals surface area (Å²) in [5.74, 6) is 1.03. The van der Waals surface area contributed by atoms with E-state index >= 15 is 0 Å². The zero-order valence-electron chi connectivity index (χ0n) is 23.9. The molecule has 6 heterocycles. The van der Waals surface area contributed by atoms with E-state index in [1.807, 2.05) is 0 Å². The molecule has 0 spiro atoms. The average molecular weight is 601 g/mol. The Morgan fingerprint density at radius 2 is 0.714 bits per heavy atom. The molecular weight excluding hydrogens is 560 g/mol.